The summed E-state index contributed by atoms with van der Waals surface area (Å²) in [6, 6.07) is 6.93. The monoisotopic (exact) mass is 287 g/mol. The van der Waals surface area contributed by atoms with Gasteiger partial charge in [-0.15, -0.1) is 0 Å². The molecule has 3 nitrogen and oxygen atoms in total. The first kappa shape index (κ1) is 14.4. The second kappa shape index (κ2) is 6.08. The van der Waals surface area contributed by atoms with E-state index in [9.17, 15) is 4.79 Å². The van der Waals surface area contributed by atoms with E-state index in [1.807, 2.05) is 11.0 Å². The largest absolute Gasteiger partial charge is 0.484 e. The van der Waals surface area contributed by atoms with Crippen molar-refractivity contribution < 1.29 is 9.53 Å². The van der Waals surface area contributed by atoms with Crippen LogP contribution >= 0.6 is 0 Å². The Bertz CT molecular complexity index is 516. The molecule has 0 saturated carbocycles. The molecule has 1 aliphatic carbocycles. The minimum absolute atomic E-state index is 0.121. The van der Waals surface area contributed by atoms with Gasteiger partial charge in [-0.3, -0.25) is 4.79 Å². The number of carbonyl (C=O) groups excluding carboxylic acids is 1. The standard InChI is InChI=1S/C18H25NO2/c1-13-5-3-6-14(2)19(13)18(20)12-21-17-10-9-15-7-4-8-16(15)11-17/h9-11,13-14H,3-8,12H2,1-2H3. The topological polar surface area (TPSA) is 29.5 Å². The SMILES string of the molecule is CC1CCCC(C)N1C(=O)COc1ccc2c(c1)CCC2. The number of likely N-dealkylation sites (tertiary alicyclic amines) is 1. The summed E-state index contributed by atoms with van der Waals surface area (Å²) < 4.78 is 5.75. The summed E-state index contributed by atoms with van der Waals surface area (Å²) in [6.07, 6.45) is 6.99. The highest BCUT2D eigenvalue weighted by Gasteiger charge is 2.29. The molecule has 0 aromatic heterocycles. The van der Waals surface area contributed by atoms with Crippen LogP contribution in [-0.4, -0.2) is 29.5 Å². The van der Waals surface area contributed by atoms with E-state index in [0.717, 1.165) is 25.0 Å². The van der Waals surface area contributed by atoms with Crippen LogP contribution in [0, 0.1) is 0 Å². The number of aryl methyl sites for hydroxylation is 2. The maximum absolute atomic E-state index is 12.4. The molecule has 1 saturated heterocycles. The summed E-state index contributed by atoms with van der Waals surface area (Å²) in [7, 11) is 0. The number of carbonyl (C=O) groups is 1. The van der Waals surface area contributed by atoms with Crippen molar-refractivity contribution >= 4 is 5.91 Å². The normalized spacial score (nSPS) is 24.8. The quantitative estimate of drug-likeness (QED) is 0.853. The molecule has 2 aliphatic rings. The molecule has 1 aliphatic heterocycles. The van der Waals surface area contributed by atoms with Gasteiger partial charge in [-0.25, -0.2) is 0 Å². The van der Waals surface area contributed by atoms with E-state index in [1.165, 1.54) is 30.4 Å². The Hall–Kier alpha value is -1.51. The number of benzene rings is 1. The Morgan fingerprint density at radius 1 is 1.14 bits per heavy atom. The zero-order valence-electron chi connectivity index (χ0n) is 13.1. The molecule has 1 heterocycles. The van der Waals surface area contributed by atoms with Crippen LogP contribution in [0.4, 0.5) is 0 Å². The van der Waals surface area contributed by atoms with Gasteiger partial charge in [-0.05, 0) is 75.6 Å². The molecular weight excluding hydrogens is 262 g/mol. The van der Waals surface area contributed by atoms with Crippen molar-refractivity contribution in [3.05, 3.63) is 29.3 Å². The van der Waals surface area contributed by atoms with Crippen molar-refractivity contribution in [3.8, 4) is 5.75 Å². The van der Waals surface area contributed by atoms with Crippen LogP contribution in [0.25, 0.3) is 0 Å². The molecule has 21 heavy (non-hydrogen) atoms. The average molecular weight is 287 g/mol. The second-order valence-corrected chi connectivity index (χ2v) is 6.50. The first-order chi connectivity index (χ1) is 10.1. The number of piperidine rings is 1. The van der Waals surface area contributed by atoms with Gasteiger partial charge in [0.2, 0.25) is 0 Å². The third-order valence-corrected chi connectivity index (χ3v) is 4.91. The molecule has 0 bridgehead atoms. The van der Waals surface area contributed by atoms with Crippen LogP contribution in [0.2, 0.25) is 0 Å². The van der Waals surface area contributed by atoms with E-state index in [1.54, 1.807) is 0 Å². The fourth-order valence-electron chi connectivity index (χ4n) is 3.77. The summed E-state index contributed by atoms with van der Waals surface area (Å²) in [5, 5.41) is 0. The van der Waals surface area contributed by atoms with Crippen molar-refractivity contribution in [1.82, 2.24) is 4.90 Å². The van der Waals surface area contributed by atoms with Gasteiger partial charge in [0.25, 0.3) is 5.91 Å². The van der Waals surface area contributed by atoms with Gasteiger partial charge < -0.3 is 9.64 Å². The van der Waals surface area contributed by atoms with E-state index in [4.69, 9.17) is 4.74 Å². The predicted octanol–water partition coefficient (Wildman–Crippen LogP) is 3.34. The van der Waals surface area contributed by atoms with Crippen LogP contribution in [0.1, 0.15) is 50.7 Å². The predicted molar refractivity (Wildman–Crippen MR) is 83.6 cm³/mol. The Morgan fingerprint density at radius 3 is 2.62 bits per heavy atom. The molecule has 0 spiro atoms. The highest BCUT2D eigenvalue weighted by molar-refractivity contribution is 5.78. The Morgan fingerprint density at radius 2 is 1.86 bits per heavy atom. The van der Waals surface area contributed by atoms with Crippen molar-refractivity contribution in [3.63, 3.8) is 0 Å². The van der Waals surface area contributed by atoms with Crippen molar-refractivity contribution in [2.75, 3.05) is 6.61 Å². The van der Waals surface area contributed by atoms with Gasteiger partial charge >= 0.3 is 0 Å². The maximum atomic E-state index is 12.4. The van der Waals surface area contributed by atoms with E-state index in [2.05, 4.69) is 26.0 Å². The van der Waals surface area contributed by atoms with Crippen molar-refractivity contribution in [2.45, 2.75) is 64.5 Å². The number of hydrogen-bond acceptors (Lipinski definition) is 2. The molecule has 2 atom stereocenters. The lowest BCUT2D eigenvalue weighted by molar-refractivity contribution is -0.139. The number of hydrogen-bond donors (Lipinski definition) is 0. The third kappa shape index (κ3) is 3.07. The van der Waals surface area contributed by atoms with Gasteiger partial charge in [-0.2, -0.15) is 0 Å². The molecule has 2 unspecified atom stereocenters. The Balaban J connectivity index is 1.60. The van der Waals surface area contributed by atoms with Crippen LogP contribution in [0.15, 0.2) is 18.2 Å². The number of fused-ring (bicyclic) bond motifs is 1. The number of ether oxygens (including phenoxy) is 1. The molecule has 3 heteroatoms. The number of amides is 1. The summed E-state index contributed by atoms with van der Waals surface area (Å²) in [6.45, 7) is 4.44. The van der Waals surface area contributed by atoms with E-state index < -0.39 is 0 Å². The number of nitrogens with zero attached hydrogens (tertiary/aromatic N) is 1. The Labute approximate surface area is 127 Å². The first-order valence-electron chi connectivity index (χ1n) is 8.21. The molecule has 0 N–H and O–H groups in total. The zero-order chi connectivity index (χ0) is 14.8. The van der Waals surface area contributed by atoms with E-state index in [0.29, 0.717) is 12.1 Å². The fourth-order valence-corrected chi connectivity index (χ4v) is 3.77. The fraction of sp³-hybridized carbons (Fsp3) is 0.611. The first-order valence-corrected chi connectivity index (χ1v) is 8.21. The van der Waals surface area contributed by atoms with Gasteiger partial charge in [0, 0.05) is 12.1 Å². The maximum Gasteiger partial charge on any atom is 0.260 e. The molecule has 3 rings (SSSR count). The minimum Gasteiger partial charge on any atom is -0.484 e. The van der Waals surface area contributed by atoms with Crippen LogP contribution in [0.5, 0.6) is 5.75 Å². The third-order valence-electron chi connectivity index (χ3n) is 4.91. The van der Waals surface area contributed by atoms with Crippen LogP contribution in [0.3, 0.4) is 0 Å². The highest BCUT2D eigenvalue weighted by Crippen LogP contribution is 2.26. The molecule has 114 valence electrons. The molecule has 0 radical (unpaired) electrons. The van der Waals surface area contributed by atoms with Gasteiger partial charge in [0.15, 0.2) is 6.61 Å². The summed E-state index contributed by atoms with van der Waals surface area (Å²) in [5.41, 5.74) is 2.83. The minimum atomic E-state index is 0.121. The summed E-state index contributed by atoms with van der Waals surface area (Å²) in [4.78, 5) is 14.4. The lowest BCUT2D eigenvalue weighted by atomic mass is 9.97. The smallest absolute Gasteiger partial charge is 0.260 e. The lowest BCUT2D eigenvalue weighted by Crippen LogP contribution is -2.49. The van der Waals surface area contributed by atoms with E-state index in [-0.39, 0.29) is 12.5 Å². The number of rotatable bonds is 3. The molecule has 1 fully saturated rings. The van der Waals surface area contributed by atoms with Gasteiger partial charge in [-0.1, -0.05) is 6.07 Å². The second-order valence-electron chi connectivity index (χ2n) is 6.50. The van der Waals surface area contributed by atoms with E-state index >= 15 is 0 Å². The Kier molecular flexibility index (Phi) is 4.18. The zero-order valence-corrected chi connectivity index (χ0v) is 13.1. The summed E-state index contributed by atoms with van der Waals surface area (Å²) in [5.74, 6) is 0.955. The molecular formula is C18H25NO2. The van der Waals surface area contributed by atoms with Crippen LogP contribution in [-0.2, 0) is 17.6 Å². The van der Waals surface area contributed by atoms with Crippen molar-refractivity contribution in [1.29, 1.82) is 0 Å². The van der Waals surface area contributed by atoms with Gasteiger partial charge in [0.05, 0.1) is 0 Å². The van der Waals surface area contributed by atoms with Crippen molar-refractivity contribution in [2.24, 2.45) is 0 Å². The average Bonchev–Trinajstić information content (AvgIpc) is 2.92. The van der Waals surface area contributed by atoms with Crippen LogP contribution < -0.4 is 4.74 Å². The summed E-state index contributed by atoms with van der Waals surface area (Å²) >= 11 is 0. The lowest BCUT2D eigenvalue weighted by Gasteiger charge is -2.39. The molecule has 1 amide bonds. The van der Waals surface area contributed by atoms with Gasteiger partial charge in [0.1, 0.15) is 5.75 Å². The molecule has 1 aromatic carbocycles. The molecule has 1 aromatic rings. The highest BCUT2D eigenvalue weighted by atomic mass is 16.5.